The van der Waals surface area contributed by atoms with Gasteiger partial charge in [0.25, 0.3) is 6.29 Å². The van der Waals surface area contributed by atoms with Gasteiger partial charge in [0.05, 0.1) is 0 Å². The molecule has 1 radical (unpaired) electrons. The summed E-state index contributed by atoms with van der Waals surface area (Å²) in [6, 6.07) is 0. The number of hydrogen-bond donors (Lipinski definition) is 0. The quantitative estimate of drug-likeness (QED) is 0.460. The number of carbonyl (C=O) groups excluding carboxylic acids is 1. The molecule has 0 fully saturated rings. The van der Waals surface area contributed by atoms with Crippen LogP contribution in [0.4, 0.5) is 0 Å². The molecule has 0 aromatic heterocycles. The van der Waals surface area contributed by atoms with Gasteiger partial charge in [0.2, 0.25) is 6.29 Å². The fourth-order valence-corrected chi connectivity index (χ4v) is 0.192. The molecule has 0 aromatic carbocycles. The summed E-state index contributed by atoms with van der Waals surface area (Å²) in [4.78, 5) is 9.59. The highest BCUT2D eigenvalue weighted by molar-refractivity contribution is 5.54. The second-order valence-electron chi connectivity index (χ2n) is 0.921. The molecule has 0 aliphatic heterocycles. The summed E-state index contributed by atoms with van der Waals surface area (Å²) in [7, 11) is 2.75. The van der Waals surface area contributed by atoms with Crippen molar-refractivity contribution in [1.82, 2.24) is 0 Å². The van der Waals surface area contributed by atoms with E-state index in [1.165, 1.54) is 20.5 Å². The molecule has 0 aliphatic carbocycles. The monoisotopic (exact) mass is 103 g/mol. The molecule has 0 saturated carbocycles. The Labute approximate surface area is 42.2 Å². The summed E-state index contributed by atoms with van der Waals surface area (Å²) in [5, 5.41) is 0. The topological polar surface area (TPSA) is 35.5 Å². The molecule has 0 rings (SSSR count). The second-order valence-corrected chi connectivity index (χ2v) is 0.921. The average Bonchev–Trinajstić information content (AvgIpc) is 1.72. The minimum Gasteiger partial charge on any atom is -0.349 e. The minimum atomic E-state index is -0.819. The summed E-state index contributed by atoms with van der Waals surface area (Å²) < 4.78 is 8.81. The number of methoxy groups -OCH3 is 2. The van der Waals surface area contributed by atoms with Gasteiger partial charge in [-0.2, -0.15) is 0 Å². The van der Waals surface area contributed by atoms with Gasteiger partial charge >= 0.3 is 0 Å². The summed E-state index contributed by atoms with van der Waals surface area (Å²) in [5.41, 5.74) is 0. The maximum atomic E-state index is 9.59. The Kier molecular flexibility index (Phi) is 3.55. The van der Waals surface area contributed by atoms with Gasteiger partial charge in [0.1, 0.15) is 0 Å². The number of rotatable bonds is 3. The van der Waals surface area contributed by atoms with Crippen molar-refractivity contribution in [2.75, 3.05) is 14.2 Å². The molecule has 0 amide bonds. The normalized spacial score (nSPS) is 9.57. The predicted molar refractivity (Wildman–Crippen MR) is 23.5 cm³/mol. The van der Waals surface area contributed by atoms with E-state index in [1.807, 2.05) is 0 Å². The van der Waals surface area contributed by atoms with Crippen molar-refractivity contribution < 1.29 is 14.3 Å². The van der Waals surface area contributed by atoms with Crippen LogP contribution < -0.4 is 0 Å². The molecule has 41 valence electrons. The predicted octanol–water partition coefficient (Wildman–Crippen LogP) is -0.285. The van der Waals surface area contributed by atoms with Crippen LogP contribution in [0.15, 0.2) is 0 Å². The Morgan fingerprint density at radius 3 is 1.86 bits per heavy atom. The van der Waals surface area contributed by atoms with Crippen molar-refractivity contribution in [2.24, 2.45) is 0 Å². The van der Waals surface area contributed by atoms with Crippen LogP contribution in [-0.4, -0.2) is 26.8 Å². The summed E-state index contributed by atoms with van der Waals surface area (Å²) in [6.07, 6.45) is 0.687. The van der Waals surface area contributed by atoms with E-state index in [2.05, 4.69) is 9.47 Å². The zero-order valence-electron chi connectivity index (χ0n) is 4.30. The Morgan fingerprint density at radius 1 is 1.43 bits per heavy atom. The molecule has 0 saturated heterocycles. The molecular weight excluding hydrogens is 96.0 g/mol. The molecule has 0 N–H and O–H groups in total. The zero-order valence-corrected chi connectivity index (χ0v) is 4.30. The van der Waals surface area contributed by atoms with Gasteiger partial charge in [-0.15, -0.1) is 0 Å². The van der Waals surface area contributed by atoms with Crippen molar-refractivity contribution in [2.45, 2.75) is 6.29 Å². The van der Waals surface area contributed by atoms with Crippen LogP contribution in [0.3, 0.4) is 0 Å². The van der Waals surface area contributed by atoms with Crippen molar-refractivity contribution >= 4 is 6.29 Å². The standard InChI is InChI=1S/C4H7O3/c1-6-4(3-5)7-2/h4H,1-2H3. The van der Waals surface area contributed by atoms with Gasteiger partial charge in [-0.1, -0.05) is 0 Å². The summed E-state index contributed by atoms with van der Waals surface area (Å²) in [5.74, 6) is 0. The lowest BCUT2D eigenvalue weighted by Gasteiger charge is -2.00. The molecule has 3 heteroatoms. The van der Waals surface area contributed by atoms with Gasteiger partial charge in [0, 0.05) is 14.2 Å². The highest BCUT2D eigenvalue weighted by atomic mass is 16.7. The van der Waals surface area contributed by atoms with Crippen LogP contribution in [0.25, 0.3) is 0 Å². The SMILES string of the molecule is COC([C]=O)OC. The van der Waals surface area contributed by atoms with E-state index in [0.29, 0.717) is 0 Å². The molecule has 3 nitrogen and oxygen atoms in total. The van der Waals surface area contributed by atoms with Gasteiger partial charge in [0.15, 0.2) is 0 Å². The van der Waals surface area contributed by atoms with Crippen LogP contribution in [-0.2, 0) is 14.3 Å². The molecule has 0 bridgehead atoms. The molecule has 0 spiro atoms. The second kappa shape index (κ2) is 3.77. The molecule has 0 aliphatic rings. The first-order valence-corrected chi connectivity index (χ1v) is 1.78. The maximum absolute atomic E-state index is 9.59. The maximum Gasteiger partial charge on any atom is 0.259 e. The van der Waals surface area contributed by atoms with E-state index in [0.717, 1.165) is 0 Å². The third-order valence-corrected chi connectivity index (χ3v) is 0.524. The Balaban J connectivity index is 3.16. The summed E-state index contributed by atoms with van der Waals surface area (Å²) >= 11 is 0. The van der Waals surface area contributed by atoms with E-state index < -0.39 is 6.29 Å². The van der Waals surface area contributed by atoms with E-state index in [-0.39, 0.29) is 0 Å². The molecule has 0 aromatic rings. The highest BCUT2D eigenvalue weighted by Gasteiger charge is 1.99. The molecule has 0 heterocycles. The fourth-order valence-electron chi connectivity index (χ4n) is 0.192. The number of hydrogen-bond acceptors (Lipinski definition) is 3. The van der Waals surface area contributed by atoms with Crippen LogP contribution >= 0.6 is 0 Å². The fraction of sp³-hybridized carbons (Fsp3) is 0.750. The van der Waals surface area contributed by atoms with E-state index in [9.17, 15) is 4.79 Å². The van der Waals surface area contributed by atoms with Crippen molar-refractivity contribution in [3.8, 4) is 0 Å². The lowest BCUT2D eigenvalue weighted by atomic mass is 10.7. The Hall–Kier alpha value is -0.410. The lowest BCUT2D eigenvalue weighted by molar-refractivity contribution is -0.0528. The van der Waals surface area contributed by atoms with Crippen molar-refractivity contribution in [3.05, 3.63) is 0 Å². The molecule has 0 atom stereocenters. The Morgan fingerprint density at radius 2 is 1.86 bits per heavy atom. The molecular formula is C4H7O3. The first kappa shape index (κ1) is 6.59. The average molecular weight is 103 g/mol. The third-order valence-electron chi connectivity index (χ3n) is 0.524. The van der Waals surface area contributed by atoms with E-state index in [4.69, 9.17) is 0 Å². The lowest BCUT2D eigenvalue weighted by Crippen LogP contribution is -2.13. The largest absolute Gasteiger partial charge is 0.349 e. The third kappa shape index (κ3) is 2.31. The van der Waals surface area contributed by atoms with Crippen LogP contribution in [0.2, 0.25) is 0 Å². The van der Waals surface area contributed by atoms with Crippen LogP contribution in [0.1, 0.15) is 0 Å². The van der Waals surface area contributed by atoms with E-state index in [1.54, 1.807) is 0 Å². The van der Waals surface area contributed by atoms with Gasteiger partial charge in [-0.25, -0.2) is 0 Å². The number of ether oxygens (including phenoxy) is 2. The first-order chi connectivity index (χ1) is 3.35. The smallest absolute Gasteiger partial charge is 0.259 e. The van der Waals surface area contributed by atoms with Crippen LogP contribution in [0.5, 0.6) is 0 Å². The van der Waals surface area contributed by atoms with Gasteiger partial charge in [-0.3, -0.25) is 4.79 Å². The molecule has 7 heavy (non-hydrogen) atoms. The Bertz CT molecular complexity index is 48.9. The van der Waals surface area contributed by atoms with Crippen LogP contribution in [0, 0.1) is 0 Å². The van der Waals surface area contributed by atoms with Gasteiger partial charge < -0.3 is 9.47 Å². The van der Waals surface area contributed by atoms with Crippen molar-refractivity contribution in [1.29, 1.82) is 0 Å². The summed E-state index contributed by atoms with van der Waals surface area (Å²) in [6.45, 7) is 0. The molecule has 0 unspecified atom stereocenters. The highest BCUT2D eigenvalue weighted by Crippen LogP contribution is 1.80. The van der Waals surface area contributed by atoms with Crippen molar-refractivity contribution in [3.63, 3.8) is 0 Å². The minimum absolute atomic E-state index is 0.819. The van der Waals surface area contributed by atoms with E-state index >= 15 is 0 Å². The van der Waals surface area contributed by atoms with Gasteiger partial charge in [-0.05, 0) is 0 Å². The zero-order chi connectivity index (χ0) is 5.70. The first-order valence-electron chi connectivity index (χ1n) is 1.78.